The number of hydrogen-bond acceptors (Lipinski definition) is 5. The van der Waals surface area contributed by atoms with Crippen LogP contribution >= 0.6 is 11.8 Å². The zero-order valence-electron chi connectivity index (χ0n) is 11.8. The van der Waals surface area contributed by atoms with Crippen LogP contribution in [0.15, 0.2) is 28.2 Å². The van der Waals surface area contributed by atoms with E-state index in [0.717, 1.165) is 5.56 Å². The van der Waals surface area contributed by atoms with Crippen LogP contribution in [0.4, 0.5) is 11.4 Å². The number of hydrogen-bond donors (Lipinski definition) is 3. The lowest BCUT2D eigenvalue weighted by atomic mass is 10.2. The van der Waals surface area contributed by atoms with Gasteiger partial charge in [0, 0.05) is 17.9 Å². The van der Waals surface area contributed by atoms with Crippen molar-refractivity contribution in [2.45, 2.75) is 25.5 Å². The minimum Gasteiger partial charge on any atom is -0.398 e. The van der Waals surface area contributed by atoms with Crippen molar-refractivity contribution in [2.24, 2.45) is 0 Å². The lowest BCUT2D eigenvalue weighted by molar-refractivity contribution is -0.113. The molecule has 0 aliphatic rings. The van der Waals surface area contributed by atoms with Crippen LogP contribution in [0.3, 0.4) is 0 Å². The highest BCUT2D eigenvalue weighted by atomic mass is 32.2. The SMILES string of the molecule is CCn1c(SCC(=O)Nc2ccc(C)c(N)c2)n[nH]c1=O. The first-order valence-electron chi connectivity index (χ1n) is 6.45. The second-order valence-corrected chi connectivity index (χ2v) is 5.41. The number of carbonyl (C=O) groups excluding carboxylic acids is 1. The molecule has 4 N–H and O–H groups in total. The molecular formula is C13H17N5O2S. The number of carbonyl (C=O) groups is 1. The Hall–Kier alpha value is -2.22. The summed E-state index contributed by atoms with van der Waals surface area (Å²) < 4.78 is 1.47. The maximum Gasteiger partial charge on any atom is 0.343 e. The number of nitrogens with one attached hydrogen (secondary N) is 2. The van der Waals surface area contributed by atoms with Gasteiger partial charge in [0.25, 0.3) is 0 Å². The van der Waals surface area contributed by atoms with Gasteiger partial charge in [0.15, 0.2) is 5.16 Å². The Morgan fingerprint density at radius 3 is 2.95 bits per heavy atom. The molecule has 2 aromatic rings. The maximum atomic E-state index is 11.9. The molecule has 0 radical (unpaired) electrons. The minimum atomic E-state index is -0.272. The van der Waals surface area contributed by atoms with E-state index >= 15 is 0 Å². The molecule has 1 aromatic heterocycles. The molecule has 0 atom stereocenters. The van der Waals surface area contributed by atoms with Crippen LogP contribution in [0.25, 0.3) is 0 Å². The molecule has 0 fully saturated rings. The Kier molecular flexibility index (Phi) is 4.69. The molecular weight excluding hydrogens is 290 g/mol. The van der Waals surface area contributed by atoms with Gasteiger partial charge >= 0.3 is 5.69 Å². The van der Waals surface area contributed by atoms with Gasteiger partial charge in [-0.3, -0.25) is 9.36 Å². The number of amides is 1. The number of nitrogens with two attached hydrogens (primary N) is 1. The van der Waals surface area contributed by atoms with E-state index in [4.69, 9.17) is 5.73 Å². The van der Waals surface area contributed by atoms with Gasteiger partial charge in [0.2, 0.25) is 5.91 Å². The lowest BCUT2D eigenvalue weighted by Crippen LogP contribution is -2.18. The number of rotatable bonds is 5. The van der Waals surface area contributed by atoms with E-state index in [2.05, 4.69) is 15.5 Å². The molecule has 0 saturated carbocycles. The van der Waals surface area contributed by atoms with E-state index in [1.54, 1.807) is 12.1 Å². The van der Waals surface area contributed by atoms with Crippen molar-refractivity contribution in [1.82, 2.24) is 14.8 Å². The fourth-order valence-electron chi connectivity index (χ4n) is 1.74. The van der Waals surface area contributed by atoms with Gasteiger partial charge in [0.1, 0.15) is 0 Å². The summed E-state index contributed by atoms with van der Waals surface area (Å²) in [5.74, 6) is -0.0145. The van der Waals surface area contributed by atoms with Crippen LogP contribution in [-0.4, -0.2) is 26.4 Å². The first-order valence-corrected chi connectivity index (χ1v) is 7.43. The fraction of sp³-hybridized carbons (Fsp3) is 0.308. The van der Waals surface area contributed by atoms with E-state index in [1.807, 2.05) is 19.9 Å². The Morgan fingerprint density at radius 1 is 1.52 bits per heavy atom. The van der Waals surface area contributed by atoms with Gasteiger partial charge in [-0.1, -0.05) is 17.8 Å². The molecule has 0 aliphatic carbocycles. The van der Waals surface area contributed by atoms with E-state index in [0.29, 0.717) is 23.1 Å². The Balaban J connectivity index is 1.95. The predicted octanol–water partition coefficient (Wildman–Crippen LogP) is 1.21. The van der Waals surface area contributed by atoms with Gasteiger partial charge < -0.3 is 11.1 Å². The number of benzene rings is 1. The summed E-state index contributed by atoms with van der Waals surface area (Å²) in [5, 5.41) is 9.50. The second-order valence-electron chi connectivity index (χ2n) is 4.46. The van der Waals surface area contributed by atoms with E-state index in [9.17, 15) is 9.59 Å². The summed E-state index contributed by atoms with van der Waals surface area (Å²) in [5.41, 5.74) is 7.77. The third-order valence-corrected chi connectivity index (χ3v) is 3.91. The molecule has 0 spiro atoms. The quantitative estimate of drug-likeness (QED) is 0.569. The molecule has 21 heavy (non-hydrogen) atoms. The Morgan fingerprint density at radius 2 is 2.29 bits per heavy atom. The summed E-state index contributed by atoms with van der Waals surface area (Å²) in [6.45, 7) is 4.25. The fourth-order valence-corrected chi connectivity index (χ4v) is 2.55. The minimum absolute atomic E-state index is 0.165. The molecule has 0 aliphatic heterocycles. The number of nitrogens with zero attached hydrogens (tertiary/aromatic N) is 2. The van der Waals surface area contributed by atoms with Crippen molar-refractivity contribution in [2.75, 3.05) is 16.8 Å². The highest BCUT2D eigenvalue weighted by molar-refractivity contribution is 7.99. The molecule has 1 heterocycles. The Labute approximate surface area is 125 Å². The van der Waals surface area contributed by atoms with Crippen molar-refractivity contribution < 1.29 is 4.79 Å². The number of thioether (sulfide) groups is 1. The van der Waals surface area contributed by atoms with Crippen molar-refractivity contribution in [1.29, 1.82) is 0 Å². The first kappa shape index (κ1) is 15.2. The zero-order chi connectivity index (χ0) is 15.4. The van der Waals surface area contributed by atoms with Crippen LogP contribution in [0, 0.1) is 6.92 Å². The summed E-state index contributed by atoms with van der Waals surface area (Å²) in [6.07, 6.45) is 0. The standard InChI is InChI=1S/C13H17N5O2S/c1-3-18-12(20)16-17-13(18)21-7-11(19)15-9-5-4-8(2)10(14)6-9/h4-6H,3,7,14H2,1-2H3,(H,15,19)(H,16,20). The average molecular weight is 307 g/mol. The number of aryl methyl sites for hydroxylation is 1. The predicted molar refractivity (Wildman–Crippen MR) is 83.5 cm³/mol. The average Bonchev–Trinajstić information content (AvgIpc) is 2.81. The normalized spacial score (nSPS) is 10.6. The number of anilines is 2. The lowest BCUT2D eigenvalue weighted by Gasteiger charge is -2.07. The van der Waals surface area contributed by atoms with Gasteiger partial charge in [-0.05, 0) is 31.5 Å². The second kappa shape index (κ2) is 6.49. The number of aromatic amines is 1. The molecule has 0 bridgehead atoms. The van der Waals surface area contributed by atoms with E-state index in [-0.39, 0.29) is 17.3 Å². The number of nitrogen functional groups attached to an aromatic ring is 1. The van der Waals surface area contributed by atoms with Crippen LogP contribution in [0.1, 0.15) is 12.5 Å². The van der Waals surface area contributed by atoms with E-state index < -0.39 is 0 Å². The molecule has 0 unspecified atom stereocenters. The van der Waals surface area contributed by atoms with Gasteiger partial charge in [-0.25, -0.2) is 9.89 Å². The smallest absolute Gasteiger partial charge is 0.343 e. The topological polar surface area (TPSA) is 106 Å². The molecule has 1 amide bonds. The highest BCUT2D eigenvalue weighted by Gasteiger charge is 2.10. The van der Waals surface area contributed by atoms with Crippen molar-refractivity contribution in [3.63, 3.8) is 0 Å². The van der Waals surface area contributed by atoms with Crippen LogP contribution in [0.2, 0.25) is 0 Å². The maximum absolute atomic E-state index is 11.9. The summed E-state index contributed by atoms with van der Waals surface area (Å²) >= 11 is 1.20. The molecule has 2 rings (SSSR count). The molecule has 7 nitrogen and oxygen atoms in total. The van der Waals surface area contributed by atoms with Crippen molar-refractivity contribution in [3.05, 3.63) is 34.2 Å². The van der Waals surface area contributed by atoms with Gasteiger partial charge in [-0.15, -0.1) is 5.10 Å². The molecule has 0 saturated heterocycles. The van der Waals surface area contributed by atoms with Crippen molar-refractivity contribution in [3.8, 4) is 0 Å². The van der Waals surface area contributed by atoms with Gasteiger partial charge in [0.05, 0.1) is 5.75 Å². The molecule has 8 heteroatoms. The molecule has 112 valence electrons. The highest BCUT2D eigenvalue weighted by Crippen LogP contribution is 2.18. The third kappa shape index (κ3) is 3.66. The molecule has 1 aromatic carbocycles. The van der Waals surface area contributed by atoms with Gasteiger partial charge in [-0.2, -0.15) is 0 Å². The van der Waals surface area contributed by atoms with Crippen LogP contribution in [-0.2, 0) is 11.3 Å². The summed E-state index contributed by atoms with van der Waals surface area (Å²) in [4.78, 5) is 23.3. The number of aromatic nitrogens is 3. The van der Waals surface area contributed by atoms with Crippen LogP contribution < -0.4 is 16.7 Å². The monoisotopic (exact) mass is 307 g/mol. The summed E-state index contributed by atoms with van der Waals surface area (Å²) in [6, 6.07) is 5.36. The summed E-state index contributed by atoms with van der Waals surface area (Å²) in [7, 11) is 0. The Bertz CT molecular complexity index is 707. The third-order valence-electron chi connectivity index (χ3n) is 2.93. The van der Waals surface area contributed by atoms with Crippen molar-refractivity contribution >= 4 is 29.0 Å². The number of H-pyrrole nitrogens is 1. The van der Waals surface area contributed by atoms with E-state index in [1.165, 1.54) is 16.3 Å². The zero-order valence-corrected chi connectivity index (χ0v) is 12.7. The first-order chi connectivity index (χ1) is 10.0. The van der Waals surface area contributed by atoms with Crippen LogP contribution in [0.5, 0.6) is 0 Å². The largest absolute Gasteiger partial charge is 0.398 e.